The van der Waals surface area contributed by atoms with Crippen molar-refractivity contribution in [2.75, 3.05) is 18.6 Å². The van der Waals surface area contributed by atoms with Crippen molar-refractivity contribution in [3.63, 3.8) is 0 Å². The number of amides is 2. The first-order valence-electron chi connectivity index (χ1n) is 7.14. The molecule has 19 heavy (non-hydrogen) atoms. The van der Waals surface area contributed by atoms with Crippen LogP contribution in [0, 0.1) is 11.3 Å². The summed E-state index contributed by atoms with van der Waals surface area (Å²) in [4.78, 5) is 12.1. The Labute approximate surface area is 120 Å². The van der Waals surface area contributed by atoms with E-state index in [1.807, 2.05) is 11.8 Å². The second-order valence-corrected chi connectivity index (χ2v) is 7.54. The molecule has 110 valence electrons. The highest BCUT2D eigenvalue weighted by molar-refractivity contribution is 7.99. The molecule has 3 atom stereocenters. The van der Waals surface area contributed by atoms with E-state index in [9.17, 15) is 4.79 Å². The summed E-state index contributed by atoms with van der Waals surface area (Å²) in [5.74, 6) is 2.68. The first kappa shape index (κ1) is 15.0. The summed E-state index contributed by atoms with van der Waals surface area (Å²) in [6.45, 7) is 6.45. The van der Waals surface area contributed by atoms with Crippen LogP contribution in [-0.4, -0.2) is 42.8 Å². The average molecular weight is 286 g/mol. The Morgan fingerprint density at radius 2 is 1.89 bits per heavy atom. The maximum absolute atomic E-state index is 12.1. The highest BCUT2D eigenvalue weighted by atomic mass is 32.2. The molecule has 0 bridgehead atoms. The maximum atomic E-state index is 12.1. The number of thioether (sulfide) groups is 1. The van der Waals surface area contributed by atoms with Crippen molar-refractivity contribution in [1.82, 2.24) is 10.6 Å². The molecule has 2 rings (SSSR count). The van der Waals surface area contributed by atoms with Gasteiger partial charge in [0.05, 0.1) is 6.10 Å². The van der Waals surface area contributed by atoms with Gasteiger partial charge in [0.25, 0.3) is 0 Å². The molecule has 2 N–H and O–H groups in total. The van der Waals surface area contributed by atoms with Crippen molar-refractivity contribution in [2.24, 2.45) is 11.3 Å². The van der Waals surface area contributed by atoms with E-state index in [2.05, 4.69) is 31.4 Å². The molecule has 1 saturated carbocycles. The number of rotatable bonds is 3. The van der Waals surface area contributed by atoms with Crippen LogP contribution in [0.4, 0.5) is 4.79 Å². The Bertz CT molecular complexity index is 329. The molecule has 2 amide bonds. The number of ether oxygens (including phenoxy) is 1. The minimum Gasteiger partial charge on any atom is -0.380 e. The largest absolute Gasteiger partial charge is 0.380 e. The van der Waals surface area contributed by atoms with Crippen LogP contribution in [0.2, 0.25) is 0 Å². The number of methoxy groups -OCH3 is 1. The molecule has 5 heteroatoms. The molecule has 0 aromatic carbocycles. The van der Waals surface area contributed by atoms with Gasteiger partial charge in [0.1, 0.15) is 0 Å². The van der Waals surface area contributed by atoms with Gasteiger partial charge in [0.15, 0.2) is 0 Å². The van der Waals surface area contributed by atoms with Crippen LogP contribution in [0.25, 0.3) is 0 Å². The number of carbonyl (C=O) groups is 1. The van der Waals surface area contributed by atoms with Crippen molar-refractivity contribution in [2.45, 2.75) is 51.8 Å². The number of carbonyl (C=O) groups excluding carboxylic acids is 1. The molecule has 1 aliphatic heterocycles. The number of urea groups is 1. The lowest BCUT2D eigenvalue weighted by Crippen LogP contribution is -2.69. The van der Waals surface area contributed by atoms with E-state index < -0.39 is 0 Å². The molecule has 2 fully saturated rings. The van der Waals surface area contributed by atoms with E-state index in [-0.39, 0.29) is 23.6 Å². The summed E-state index contributed by atoms with van der Waals surface area (Å²) in [6.07, 6.45) is 2.40. The first-order chi connectivity index (χ1) is 8.96. The summed E-state index contributed by atoms with van der Waals surface area (Å²) >= 11 is 1.97. The van der Waals surface area contributed by atoms with E-state index in [0.29, 0.717) is 12.0 Å². The molecular weight excluding hydrogens is 260 g/mol. The third-order valence-corrected chi connectivity index (χ3v) is 5.68. The van der Waals surface area contributed by atoms with Crippen LogP contribution >= 0.6 is 11.8 Å². The Morgan fingerprint density at radius 3 is 2.42 bits per heavy atom. The topological polar surface area (TPSA) is 50.4 Å². The Hall–Kier alpha value is -0.420. The third-order valence-electron chi connectivity index (χ3n) is 4.64. The van der Waals surface area contributed by atoms with Gasteiger partial charge in [-0.1, -0.05) is 20.8 Å². The third kappa shape index (κ3) is 3.02. The van der Waals surface area contributed by atoms with Gasteiger partial charge in [-0.05, 0) is 24.3 Å². The zero-order chi connectivity index (χ0) is 14.0. The molecule has 0 radical (unpaired) electrons. The van der Waals surface area contributed by atoms with E-state index in [4.69, 9.17) is 4.74 Å². The lowest BCUT2D eigenvalue weighted by Gasteiger charge is -2.56. The van der Waals surface area contributed by atoms with Crippen LogP contribution in [0.3, 0.4) is 0 Å². The quantitative estimate of drug-likeness (QED) is 0.836. The summed E-state index contributed by atoms with van der Waals surface area (Å²) in [6, 6.07) is 0.518. The normalized spacial score (nSPS) is 34.4. The van der Waals surface area contributed by atoms with Gasteiger partial charge in [-0.25, -0.2) is 4.79 Å². The van der Waals surface area contributed by atoms with Gasteiger partial charge in [-0.3, -0.25) is 0 Å². The van der Waals surface area contributed by atoms with Gasteiger partial charge in [0, 0.05) is 30.5 Å². The molecule has 0 aromatic rings. The van der Waals surface area contributed by atoms with E-state index >= 15 is 0 Å². The molecule has 1 heterocycles. The minimum absolute atomic E-state index is 0.00786. The Kier molecular flexibility index (Phi) is 4.66. The summed E-state index contributed by atoms with van der Waals surface area (Å²) in [7, 11) is 1.75. The zero-order valence-corrected chi connectivity index (χ0v) is 13.2. The zero-order valence-electron chi connectivity index (χ0n) is 12.4. The monoisotopic (exact) mass is 286 g/mol. The number of hydrogen-bond donors (Lipinski definition) is 2. The van der Waals surface area contributed by atoms with E-state index in [1.54, 1.807) is 7.11 Å². The van der Waals surface area contributed by atoms with Crippen LogP contribution in [0.15, 0.2) is 0 Å². The van der Waals surface area contributed by atoms with Crippen molar-refractivity contribution in [1.29, 1.82) is 0 Å². The number of hydrogen-bond acceptors (Lipinski definition) is 3. The molecule has 4 nitrogen and oxygen atoms in total. The van der Waals surface area contributed by atoms with Crippen LogP contribution in [0.1, 0.15) is 33.6 Å². The van der Waals surface area contributed by atoms with Crippen molar-refractivity contribution in [3.05, 3.63) is 0 Å². The lowest BCUT2D eigenvalue weighted by atomic mass is 9.58. The molecule has 2 aliphatic rings. The van der Waals surface area contributed by atoms with Crippen molar-refractivity contribution >= 4 is 17.8 Å². The number of nitrogens with one attached hydrogen (secondary N) is 2. The molecule has 0 spiro atoms. The predicted octanol–water partition coefficient (Wildman–Crippen LogP) is 2.24. The summed E-state index contributed by atoms with van der Waals surface area (Å²) < 4.78 is 5.50. The van der Waals surface area contributed by atoms with E-state index in [1.165, 1.54) is 0 Å². The maximum Gasteiger partial charge on any atom is 0.315 e. The van der Waals surface area contributed by atoms with Gasteiger partial charge in [-0.2, -0.15) is 11.8 Å². The predicted molar refractivity (Wildman–Crippen MR) is 79.5 cm³/mol. The molecule has 1 saturated heterocycles. The average Bonchev–Trinajstić information content (AvgIpc) is 2.37. The molecule has 0 unspecified atom stereocenters. The molecular formula is C14H26N2O2S. The van der Waals surface area contributed by atoms with Gasteiger partial charge >= 0.3 is 6.03 Å². The van der Waals surface area contributed by atoms with Crippen LogP contribution in [0.5, 0.6) is 0 Å². The second-order valence-electron chi connectivity index (χ2n) is 6.32. The second kappa shape index (κ2) is 5.92. The fourth-order valence-corrected chi connectivity index (χ4v) is 4.74. The van der Waals surface area contributed by atoms with Crippen molar-refractivity contribution < 1.29 is 9.53 Å². The summed E-state index contributed by atoms with van der Waals surface area (Å²) in [5.41, 5.74) is 0.00786. The van der Waals surface area contributed by atoms with Crippen LogP contribution in [-0.2, 0) is 4.74 Å². The first-order valence-corrected chi connectivity index (χ1v) is 8.30. The fraction of sp³-hybridized carbons (Fsp3) is 0.929. The SMILES string of the molecule is CO[C@@H]1[C@H](C)[C@@H](NC(=O)NC2CCSCC2)C1(C)C. The highest BCUT2D eigenvalue weighted by Crippen LogP contribution is 2.46. The van der Waals surface area contributed by atoms with Gasteiger partial charge < -0.3 is 15.4 Å². The van der Waals surface area contributed by atoms with Gasteiger partial charge in [0.2, 0.25) is 0 Å². The van der Waals surface area contributed by atoms with Crippen molar-refractivity contribution in [3.8, 4) is 0 Å². The Morgan fingerprint density at radius 1 is 1.26 bits per heavy atom. The fourth-order valence-electron chi connectivity index (χ4n) is 3.63. The highest BCUT2D eigenvalue weighted by Gasteiger charge is 2.55. The van der Waals surface area contributed by atoms with Gasteiger partial charge in [-0.15, -0.1) is 0 Å². The Balaban J connectivity index is 1.82. The molecule has 0 aromatic heterocycles. The summed E-state index contributed by atoms with van der Waals surface area (Å²) in [5, 5.41) is 6.24. The minimum atomic E-state index is -0.0172. The molecule has 1 aliphatic carbocycles. The smallest absolute Gasteiger partial charge is 0.315 e. The standard InChI is InChI=1S/C14H26N2O2S/c1-9-11(14(2,3)12(9)18-4)16-13(17)15-10-5-7-19-8-6-10/h9-12H,5-8H2,1-4H3,(H2,15,16,17)/t9-,11-,12-/m1/s1. The lowest BCUT2D eigenvalue weighted by molar-refractivity contribution is -0.140. The van der Waals surface area contributed by atoms with E-state index in [0.717, 1.165) is 24.3 Å². The van der Waals surface area contributed by atoms with Crippen LogP contribution < -0.4 is 10.6 Å².